The highest BCUT2D eigenvalue weighted by atomic mass is 32.2. The molecule has 1 nitrogen and oxygen atoms in total. The minimum Gasteiger partial charge on any atom is -0.197 e. The van der Waals surface area contributed by atoms with Gasteiger partial charge in [-0.3, -0.25) is 0 Å². The van der Waals surface area contributed by atoms with Crippen LogP contribution in [0, 0.1) is 11.3 Å². The van der Waals surface area contributed by atoms with Crippen molar-refractivity contribution in [3.05, 3.63) is 24.3 Å². The molecule has 3 heteroatoms. The quantitative estimate of drug-likeness (QED) is 0.737. The molecule has 1 saturated carbocycles. The third kappa shape index (κ3) is 3.00. The second-order valence-corrected chi connectivity index (χ2v) is 6.69. The van der Waals surface area contributed by atoms with Gasteiger partial charge in [0, 0.05) is 9.79 Å². The Morgan fingerprint density at radius 2 is 1.76 bits per heavy atom. The van der Waals surface area contributed by atoms with Crippen molar-refractivity contribution >= 4 is 23.5 Å². The number of nitrogens with zero attached hydrogens (tertiary/aromatic N) is 1. The summed E-state index contributed by atoms with van der Waals surface area (Å²) in [4.78, 5) is 2.56. The van der Waals surface area contributed by atoms with Crippen LogP contribution >= 0.6 is 23.5 Å². The van der Waals surface area contributed by atoms with Gasteiger partial charge in [0.15, 0.2) is 0 Å². The Morgan fingerprint density at radius 3 is 2.35 bits per heavy atom. The van der Waals surface area contributed by atoms with Crippen molar-refractivity contribution in [2.45, 2.75) is 46.6 Å². The fourth-order valence-corrected chi connectivity index (χ4v) is 4.41. The summed E-state index contributed by atoms with van der Waals surface area (Å²) in [6, 6.07) is 11.0. The zero-order valence-corrected chi connectivity index (χ0v) is 11.7. The Balaban J connectivity index is 2.21. The molecule has 0 aromatic heterocycles. The molecule has 0 spiro atoms. The number of hydrogen-bond acceptors (Lipinski definition) is 3. The van der Waals surface area contributed by atoms with E-state index in [0.29, 0.717) is 0 Å². The average molecular weight is 263 g/mol. The molecule has 90 valence electrons. The fourth-order valence-electron chi connectivity index (χ4n) is 2.27. The van der Waals surface area contributed by atoms with Crippen LogP contribution in [0.5, 0.6) is 0 Å². The van der Waals surface area contributed by atoms with Gasteiger partial charge in [0.25, 0.3) is 0 Å². The minimum atomic E-state index is -0.177. The third-order valence-electron chi connectivity index (χ3n) is 3.24. The Kier molecular flexibility index (Phi) is 4.42. The Morgan fingerprint density at radius 1 is 1.12 bits per heavy atom. The van der Waals surface area contributed by atoms with Crippen LogP contribution < -0.4 is 0 Å². The first kappa shape index (κ1) is 12.9. The van der Waals surface area contributed by atoms with E-state index in [-0.39, 0.29) is 4.75 Å². The molecule has 0 bridgehead atoms. The second kappa shape index (κ2) is 5.84. The minimum absolute atomic E-state index is 0.177. The summed E-state index contributed by atoms with van der Waals surface area (Å²) in [7, 11) is 0. The summed E-state index contributed by atoms with van der Waals surface area (Å²) in [5.41, 5.74) is 0. The van der Waals surface area contributed by atoms with E-state index in [9.17, 15) is 5.26 Å². The molecule has 0 atom stereocenters. The topological polar surface area (TPSA) is 23.8 Å². The zero-order valence-electron chi connectivity index (χ0n) is 10.1. The van der Waals surface area contributed by atoms with Gasteiger partial charge in [-0.1, -0.05) is 31.4 Å². The van der Waals surface area contributed by atoms with Crippen molar-refractivity contribution in [2.24, 2.45) is 0 Å². The maximum absolute atomic E-state index is 9.49. The summed E-state index contributed by atoms with van der Waals surface area (Å²) >= 11 is 3.54. The van der Waals surface area contributed by atoms with Gasteiger partial charge in [-0.25, -0.2) is 0 Å². The van der Waals surface area contributed by atoms with Crippen LogP contribution in [-0.2, 0) is 0 Å². The molecule has 2 rings (SSSR count). The lowest BCUT2D eigenvalue weighted by Gasteiger charge is -2.30. The van der Waals surface area contributed by atoms with Crippen LogP contribution in [0.1, 0.15) is 32.1 Å². The Bertz CT molecular complexity index is 416. The summed E-state index contributed by atoms with van der Waals surface area (Å²) in [6.07, 6.45) is 7.85. The lowest BCUT2D eigenvalue weighted by molar-refractivity contribution is 0.459. The van der Waals surface area contributed by atoms with E-state index >= 15 is 0 Å². The van der Waals surface area contributed by atoms with Gasteiger partial charge < -0.3 is 0 Å². The number of benzene rings is 1. The van der Waals surface area contributed by atoms with Crippen LogP contribution in [-0.4, -0.2) is 11.0 Å². The molecule has 0 aliphatic heterocycles. The van der Waals surface area contributed by atoms with E-state index in [2.05, 4.69) is 36.6 Å². The molecule has 17 heavy (non-hydrogen) atoms. The van der Waals surface area contributed by atoms with Crippen molar-refractivity contribution in [3.8, 4) is 6.07 Å². The Labute approximate surface area is 112 Å². The van der Waals surface area contributed by atoms with Crippen LogP contribution in [0.15, 0.2) is 34.1 Å². The molecule has 0 unspecified atom stereocenters. The van der Waals surface area contributed by atoms with Crippen LogP contribution in [0.25, 0.3) is 0 Å². The first-order chi connectivity index (χ1) is 8.29. The molecule has 0 amide bonds. The molecule has 1 aromatic rings. The van der Waals surface area contributed by atoms with Crippen molar-refractivity contribution in [2.75, 3.05) is 6.26 Å². The maximum Gasteiger partial charge on any atom is 0.107 e. The monoisotopic (exact) mass is 263 g/mol. The maximum atomic E-state index is 9.49. The van der Waals surface area contributed by atoms with E-state index in [4.69, 9.17) is 0 Å². The highest BCUT2D eigenvalue weighted by Gasteiger charge is 2.33. The zero-order chi connectivity index (χ0) is 12.1. The number of thioether (sulfide) groups is 2. The highest BCUT2D eigenvalue weighted by molar-refractivity contribution is 8.03. The lowest BCUT2D eigenvalue weighted by Crippen LogP contribution is -2.25. The molecule has 0 heterocycles. The SMILES string of the molecule is CSc1ccccc1SC1(C#N)CCCCC1. The summed E-state index contributed by atoms with van der Waals surface area (Å²) in [6.45, 7) is 0. The predicted octanol–water partition coefficient (Wildman–Crippen LogP) is 4.73. The molecule has 1 fully saturated rings. The van der Waals surface area contributed by atoms with Crippen molar-refractivity contribution < 1.29 is 0 Å². The van der Waals surface area contributed by atoms with Crippen molar-refractivity contribution in [3.63, 3.8) is 0 Å². The molecular formula is C14H17NS2. The summed E-state index contributed by atoms with van der Waals surface area (Å²) < 4.78 is -0.177. The number of nitriles is 1. The molecule has 0 N–H and O–H groups in total. The van der Waals surface area contributed by atoms with Gasteiger partial charge >= 0.3 is 0 Å². The van der Waals surface area contributed by atoms with Gasteiger partial charge in [0.1, 0.15) is 4.75 Å². The molecule has 0 radical (unpaired) electrons. The molecule has 1 aliphatic carbocycles. The lowest BCUT2D eigenvalue weighted by atomic mass is 9.89. The molecule has 0 saturated heterocycles. The predicted molar refractivity (Wildman–Crippen MR) is 75.5 cm³/mol. The molecular weight excluding hydrogens is 246 g/mol. The standard InChI is InChI=1S/C14H17NS2/c1-16-12-7-3-4-8-13(12)17-14(11-15)9-5-2-6-10-14/h3-4,7-8H,2,5-6,9-10H2,1H3. The second-order valence-electron chi connectivity index (χ2n) is 4.42. The smallest absolute Gasteiger partial charge is 0.107 e. The Hall–Kier alpha value is -0.590. The van der Waals surface area contributed by atoms with Gasteiger partial charge in [0.05, 0.1) is 6.07 Å². The van der Waals surface area contributed by atoms with Gasteiger partial charge in [-0.2, -0.15) is 5.26 Å². The van der Waals surface area contributed by atoms with E-state index in [1.165, 1.54) is 29.1 Å². The number of hydrogen-bond donors (Lipinski definition) is 0. The number of rotatable bonds is 3. The average Bonchev–Trinajstić information content (AvgIpc) is 2.40. The summed E-state index contributed by atoms with van der Waals surface area (Å²) in [5, 5.41) is 9.49. The van der Waals surface area contributed by atoms with E-state index in [1.54, 1.807) is 23.5 Å². The van der Waals surface area contributed by atoms with Gasteiger partial charge in [0.2, 0.25) is 0 Å². The normalized spacial score (nSPS) is 18.6. The van der Waals surface area contributed by atoms with E-state index in [0.717, 1.165) is 12.8 Å². The van der Waals surface area contributed by atoms with Crippen LogP contribution in [0.3, 0.4) is 0 Å². The first-order valence-corrected chi connectivity index (χ1v) is 8.07. The first-order valence-electron chi connectivity index (χ1n) is 6.03. The fraction of sp³-hybridized carbons (Fsp3) is 0.500. The molecule has 1 aliphatic rings. The van der Waals surface area contributed by atoms with Crippen molar-refractivity contribution in [1.82, 2.24) is 0 Å². The third-order valence-corrected chi connectivity index (χ3v) is 5.63. The van der Waals surface area contributed by atoms with Gasteiger partial charge in [-0.05, 0) is 31.2 Å². The largest absolute Gasteiger partial charge is 0.197 e. The summed E-state index contributed by atoms with van der Waals surface area (Å²) in [5.74, 6) is 0. The van der Waals surface area contributed by atoms with E-state index < -0.39 is 0 Å². The van der Waals surface area contributed by atoms with Crippen molar-refractivity contribution in [1.29, 1.82) is 5.26 Å². The van der Waals surface area contributed by atoms with E-state index in [1.807, 2.05) is 0 Å². The van der Waals surface area contributed by atoms with Crippen LogP contribution in [0.2, 0.25) is 0 Å². The van der Waals surface area contributed by atoms with Gasteiger partial charge in [-0.15, -0.1) is 23.5 Å². The highest BCUT2D eigenvalue weighted by Crippen LogP contribution is 2.45. The van der Waals surface area contributed by atoms with Crippen LogP contribution in [0.4, 0.5) is 0 Å². The molecule has 1 aromatic carbocycles.